The van der Waals surface area contributed by atoms with E-state index in [1.807, 2.05) is 6.07 Å². The number of fused-ring (bicyclic) bond motifs is 1. The van der Waals surface area contributed by atoms with Crippen LogP contribution in [0.5, 0.6) is 0 Å². The van der Waals surface area contributed by atoms with Crippen molar-refractivity contribution in [3.63, 3.8) is 0 Å². The van der Waals surface area contributed by atoms with E-state index in [0.717, 1.165) is 35.7 Å². The molecule has 2 aromatic carbocycles. The Bertz CT molecular complexity index is 876. The molecular formula is C20H17F3N2O2. The number of hydrogen-bond donors (Lipinski definition) is 1. The fourth-order valence-corrected chi connectivity index (χ4v) is 3.24. The van der Waals surface area contributed by atoms with Gasteiger partial charge in [-0.25, -0.2) is 0 Å². The molecule has 0 aromatic heterocycles. The Morgan fingerprint density at radius 1 is 1.19 bits per heavy atom. The molecule has 0 saturated heterocycles. The molecule has 140 valence electrons. The molecule has 1 heterocycles. The van der Waals surface area contributed by atoms with Gasteiger partial charge in [0.25, 0.3) is 0 Å². The molecule has 1 aliphatic heterocycles. The third kappa shape index (κ3) is 3.86. The van der Waals surface area contributed by atoms with Crippen molar-refractivity contribution in [3.05, 3.63) is 71.8 Å². The summed E-state index contributed by atoms with van der Waals surface area (Å²) < 4.78 is 38.5. The van der Waals surface area contributed by atoms with E-state index in [-0.39, 0.29) is 11.9 Å². The van der Waals surface area contributed by atoms with Gasteiger partial charge in [0, 0.05) is 23.5 Å². The minimum atomic E-state index is -4.41. The summed E-state index contributed by atoms with van der Waals surface area (Å²) in [6.45, 7) is 3.79. The number of carbonyl (C=O) groups excluding carboxylic acids is 2. The molecule has 0 aliphatic carbocycles. The van der Waals surface area contributed by atoms with Crippen LogP contribution in [-0.4, -0.2) is 24.8 Å². The van der Waals surface area contributed by atoms with Crippen LogP contribution in [-0.2, 0) is 17.4 Å². The number of halogens is 3. The van der Waals surface area contributed by atoms with Crippen LogP contribution < -0.4 is 10.2 Å². The Kier molecular flexibility index (Phi) is 5.03. The van der Waals surface area contributed by atoms with E-state index in [0.29, 0.717) is 24.2 Å². The second-order valence-electron chi connectivity index (χ2n) is 6.23. The van der Waals surface area contributed by atoms with Gasteiger partial charge in [0.2, 0.25) is 5.91 Å². The SMILES string of the molecule is C=CC(=O)NC1Cc2c(C=O)cccc2N(c2ccc(C(F)(F)F)cc2)C1. The van der Waals surface area contributed by atoms with Gasteiger partial charge in [0.1, 0.15) is 6.29 Å². The fourth-order valence-electron chi connectivity index (χ4n) is 3.24. The van der Waals surface area contributed by atoms with Crippen LogP contribution in [0.15, 0.2) is 55.1 Å². The third-order valence-electron chi connectivity index (χ3n) is 4.50. The smallest absolute Gasteiger partial charge is 0.348 e. The number of anilines is 2. The van der Waals surface area contributed by atoms with Crippen LogP contribution in [0.4, 0.5) is 24.5 Å². The highest BCUT2D eigenvalue weighted by Crippen LogP contribution is 2.37. The molecule has 2 aromatic rings. The first-order valence-corrected chi connectivity index (χ1v) is 8.28. The summed E-state index contributed by atoms with van der Waals surface area (Å²) >= 11 is 0. The molecule has 1 unspecified atom stereocenters. The molecule has 3 rings (SSSR count). The van der Waals surface area contributed by atoms with E-state index in [1.165, 1.54) is 12.1 Å². The Morgan fingerprint density at radius 2 is 1.89 bits per heavy atom. The average Bonchev–Trinajstić information content (AvgIpc) is 2.66. The lowest BCUT2D eigenvalue weighted by molar-refractivity contribution is -0.137. The van der Waals surface area contributed by atoms with Gasteiger partial charge >= 0.3 is 6.18 Å². The molecule has 1 amide bonds. The van der Waals surface area contributed by atoms with Crippen LogP contribution in [0.1, 0.15) is 21.5 Å². The van der Waals surface area contributed by atoms with Crippen LogP contribution in [0, 0.1) is 0 Å². The second-order valence-corrected chi connectivity index (χ2v) is 6.23. The first-order chi connectivity index (χ1) is 12.8. The van der Waals surface area contributed by atoms with Gasteiger partial charge in [-0.1, -0.05) is 18.7 Å². The topological polar surface area (TPSA) is 49.4 Å². The Labute approximate surface area is 154 Å². The van der Waals surface area contributed by atoms with Crippen molar-refractivity contribution in [2.45, 2.75) is 18.6 Å². The fraction of sp³-hybridized carbons (Fsp3) is 0.200. The minimum Gasteiger partial charge on any atom is -0.348 e. The van der Waals surface area contributed by atoms with E-state index < -0.39 is 11.7 Å². The summed E-state index contributed by atoms with van der Waals surface area (Å²) in [5.74, 6) is -0.348. The number of hydrogen-bond acceptors (Lipinski definition) is 3. The molecule has 7 heteroatoms. The van der Waals surface area contributed by atoms with Crippen molar-refractivity contribution < 1.29 is 22.8 Å². The van der Waals surface area contributed by atoms with Crippen molar-refractivity contribution in [1.29, 1.82) is 0 Å². The van der Waals surface area contributed by atoms with Gasteiger partial charge in [0.15, 0.2) is 0 Å². The second kappa shape index (κ2) is 7.26. The van der Waals surface area contributed by atoms with Crippen LogP contribution in [0.2, 0.25) is 0 Å². The first kappa shape index (κ1) is 18.7. The predicted molar refractivity (Wildman–Crippen MR) is 96.1 cm³/mol. The predicted octanol–water partition coefficient (Wildman–Crippen LogP) is 3.88. The Balaban J connectivity index is 2.01. The summed E-state index contributed by atoms with van der Waals surface area (Å²) in [5, 5.41) is 2.80. The zero-order chi connectivity index (χ0) is 19.6. The number of amides is 1. The van der Waals surface area contributed by atoms with Crippen LogP contribution in [0.3, 0.4) is 0 Å². The number of benzene rings is 2. The zero-order valence-corrected chi connectivity index (χ0v) is 14.3. The third-order valence-corrected chi connectivity index (χ3v) is 4.50. The molecule has 1 aliphatic rings. The van der Waals surface area contributed by atoms with Crippen LogP contribution >= 0.6 is 0 Å². The molecule has 1 N–H and O–H groups in total. The molecule has 0 fully saturated rings. The average molecular weight is 374 g/mol. The maximum Gasteiger partial charge on any atom is 0.416 e. The summed E-state index contributed by atoms with van der Waals surface area (Å²) in [6.07, 6.45) is -2.07. The Morgan fingerprint density at radius 3 is 2.48 bits per heavy atom. The van der Waals surface area contributed by atoms with Crippen molar-refractivity contribution in [2.75, 3.05) is 11.4 Å². The molecule has 0 bridgehead atoms. The number of carbonyl (C=O) groups is 2. The number of nitrogens with one attached hydrogen (secondary N) is 1. The molecule has 27 heavy (non-hydrogen) atoms. The number of rotatable bonds is 4. The molecule has 4 nitrogen and oxygen atoms in total. The van der Waals surface area contributed by atoms with E-state index in [2.05, 4.69) is 11.9 Å². The lowest BCUT2D eigenvalue weighted by atomic mass is 9.93. The minimum absolute atomic E-state index is 0.314. The highest BCUT2D eigenvalue weighted by molar-refractivity contribution is 5.88. The highest BCUT2D eigenvalue weighted by Gasteiger charge is 2.31. The van der Waals surface area contributed by atoms with E-state index >= 15 is 0 Å². The van der Waals surface area contributed by atoms with Gasteiger partial charge in [0.05, 0.1) is 11.6 Å². The molecule has 0 saturated carbocycles. The number of nitrogens with zero attached hydrogens (tertiary/aromatic N) is 1. The molecule has 0 spiro atoms. The van der Waals surface area contributed by atoms with Crippen molar-refractivity contribution in [1.82, 2.24) is 5.32 Å². The summed E-state index contributed by atoms with van der Waals surface area (Å²) in [7, 11) is 0. The summed E-state index contributed by atoms with van der Waals surface area (Å²) in [5.41, 5.74) is 1.78. The molecular weight excluding hydrogens is 357 g/mol. The number of aldehydes is 1. The summed E-state index contributed by atoms with van der Waals surface area (Å²) in [4.78, 5) is 24.9. The van der Waals surface area contributed by atoms with E-state index in [1.54, 1.807) is 17.0 Å². The quantitative estimate of drug-likeness (QED) is 0.653. The monoisotopic (exact) mass is 374 g/mol. The van der Waals surface area contributed by atoms with Gasteiger partial charge < -0.3 is 10.2 Å². The molecule has 1 atom stereocenters. The first-order valence-electron chi connectivity index (χ1n) is 8.28. The van der Waals surface area contributed by atoms with Crippen molar-refractivity contribution >= 4 is 23.6 Å². The van der Waals surface area contributed by atoms with E-state index in [4.69, 9.17) is 0 Å². The summed E-state index contributed by atoms with van der Waals surface area (Å²) in [6, 6.07) is 9.71. The van der Waals surface area contributed by atoms with Gasteiger partial charge in [-0.2, -0.15) is 13.2 Å². The van der Waals surface area contributed by atoms with Gasteiger partial charge in [-0.05, 0) is 48.4 Å². The van der Waals surface area contributed by atoms with Gasteiger partial charge in [-0.3, -0.25) is 9.59 Å². The zero-order valence-electron chi connectivity index (χ0n) is 14.3. The highest BCUT2D eigenvalue weighted by atomic mass is 19.4. The van der Waals surface area contributed by atoms with Crippen LogP contribution in [0.25, 0.3) is 0 Å². The van der Waals surface area contributed by atoms with Gasteiger partial charge in [-0.15, -0.1) is 0 Å². The molecule has 0 radical (unpaired) electrons. The maximum absolute atomic E-state index is 12.8. The van der Waals surface area contributed by atoms with E-state index in [9.17, 15) is 22.8 Å². The lowest BCUT2D eigenvalue weighted by Crippen LogP contribution is -2.46. The Hall–Kier alpha value is -3.09. The normalized spacial score (nSPS) is 16.4. The van der Waals surface area contributed by atoms with Crippen molar-refractivity contribution in [2.24, 2.45) is 0 Å². The lowest BCUT2D eigenvalue weighted by Gasteiger charge is -2.37. The van der Waals surface area contributed by atoms with Crippen molar-refractivity contribution in [3.8, 4) is 0 Å². The standard InChI is InChI=1S/C20H17F3N2O2/c1-2-19(27)24-15-10-17-13(12-26)4-3-5-18(17)25(11-15)16-8-6-14(7-9-16)20(21,22)23/h2-9,12,15H,1,10-11H2,(H,24,27). The maximum atomic E-state index is 12.8. The largest absolute Gasteiger partial charge is 0.416 e. The number of alkyl halides is 3.